The van der Waals surface area contributed by atoms with E-state index in [1.165, 1.54) is 10.7 Å². The van der Waals surface area contributed by atoms with Gasteiger partial charge < -0.3 is 10.4 Å². The van der Waals surface area contributed by atoms with Gasteiger partial charge in [-0.2, -0.15) is 5.10 Å². The van der Waals surface area contributed by atoms with Crippen molar-refractivity contribution in [2.75, 3.05) is 6.54 Å². The van der Waals surface area contributed by atoms with Gasteiger partial charge in [0.15, 0.2) is 0 Å². The first kappa shape index (κ1) is 17.1. The van der Waals surface area contributed by atoms with Crippen molar-refractivity contribution in [3.63, 3.8) is 0 Å². The maximum Gasteiger partial charge on any atom is 0.269 e. The van der Waals surface area contributed by atoms with Crippen molar-refractivity contribution in [3.05, 3.63) is 52.9 Å². The third kappa shape index (κ3) is 3.73. The fraction of sp³-hybridized carbons (Fsp3) is 0.375. The molecule has 7 heteroatoms. The molecule has 0 aliphatic rings. The van der Waals surface area contributed by atoms with Crippen molar-refractivity contribution in [3.8, 4) is 0 Å². The van der Waals surface area contributed by atoms with Gasteiger partial charge in [0.25, 0.3) is 5.91 Å². The monoisotopic (exact) mass is 323 g/mol. The first-order valence-corrected chi connectivity index (χ1v) is 7.25. The highest BCUT2D eigenvalue weighted by atomic mass is 19.1. The van der Waals surface area contributed by atoms with Crippen LogP contribution < -0.4 is 5.32 Å². The number of amides is 1. The lowest BCUT2D eigenvalue weighted by atomic mass is 10.1. The van der Waals surface area contributed by atoms with E-state index in [2.05, 4.69) is 10.4 Å². The summed E-state index contributed by atoms with van der Waals surface area (Å²) in [5.41, 5.74) is 0.619. The summed E-state index contributed by atoms with van der Waals surface area (Å²) in [5, 5.41) is 16.6. The van der Waals surface area contributed by atoms with Crippen molar-refractivity contribution < 1.29 is 18.7 Å². The summed E-state index contributed by atoms with van der Waals surface area (Å²) in [6.45, 7) is 3.60. The average molecular weight is 323 g/mol. The molecule has 1 aromatic carbocycles. The molecule has 0 fully saturated rings. The molecule has 0 bridgehead atoms. The summed E-state index contributed by atoms with van der Waals surface area (Å²) in [4.78, 5) is 12.1. The summed E-state index contributed by atoms with van der Waals surface area (Å²) in [6, 6.07) is 4.97. The average Bonchev–Trinajstić information content (AvgIpc) is 2.87. The first-order valence-electron chi connectivity index (χ1n) is 7.25. The SMILES string of the molecule is CC(C)c1cc(C(=O)NCC(O)c2c(F)cccc2F)n(C)n1. The number of aromatic nitrogens is 2. The van der Waals surface area contributed by atoms with Crippen LogP contribution in [0.3, 0.4) is 0 Å². The van der Waals surface area contributed by atoms with Gasteiger partial charge >= 0.3 is 0 Å². The van der Waals surface area contributed by atoms with Crippen LogP contribution in [0, 0.1) is 11.6 Å². The Bertz CT molecular complexity index is 693. The van der Waals surface area contributed by atoms with E-state index in [1.54, 1.807) is 13.1 Å². The number of benzene rings is 1. The topological polar surface area (TPSA) is 67.2 Å². The summed E-state index contributed by atoms with van der Waals surface area (Å²) in [7, 11) is 1.63. The Balaban J connectivity index is 2.07. The molecule has 0 saturated carbocycles. The van der Waals surface area contributed by atoms with Gasteiger partial charge in [-0.3, -0.25) is 9.48 Å². The number of hydrogen-bond acceptors (Lipinski definition) is 3. The van der Waals surface area contributed by atoms with Gasteiger partial charge in [0.2, 0.25) is 0 Å². The highest BCUT2D eigenvalue weighted by Crippen LogP contribution is 2.20. The lowest BCUT2D eigenvalue weighted by Gasteiger charge is -2.13. The van der Waals surface area contributed by atoms with Gasteiger partial charge in [0.1, 0.15) is 23.4 Å². The van der Waals surface area contributed by atoms with E-state index < -0.39 is 29.2 Å². The molecular formula is C16H19F2N3O2. The molecular weight excluding hydrogens is 304 g/mol. The molecule has 0 saturated heterocycles. The number of carbonyl (C=O) groups excluding carboxylic acids is 1. The quantitative estimate of drug-likeness (QED) is 0.887. The number of nitrogens with one attached hydrogen (secondary N) is 1. The van der Waals surface area contributed by atoms with Gasteiger partial charge in [-0.05, 0) is 24.1 Å². The molecule has 1 unspecified atom stereocenters. The number of halogens is 2. The molecule has 2 aromatic rings. The van der Waals surface area contributed by atoms with Crippen molar-refractivity contribution in [2.24, 2.45) is 7.05 Å². The minimum Gasteiger partial charge on any atom is -0.386 e. The van der Waals surface area contributed by atoms with Gasteiger partial charge in [-0.15, -0.1) is 0 Å². The molecule has 0 aliphatic heterocycles. The molecule has 0 aliphatic carbocycles. The molecule has 2 rings (SSSR count). The number of hydrogen-bond donors (Lipinski definition) is 2. The van der Waals surface area contributed by atoms with E-state index >= 15 is 0 Å². The highest BCUT2D eigenvalue weighted by molar-refractivity contribution is 5.92. The van der Waals surface area contributed by atoms with E-state index in [4.69, 9.17) is 0 Å². The third-order valence-corrected chi connectivity index (χ3v) is 3.51. The van der Waals surface area contributed by atoms with E-state index in [-0.39, 0.29) is 12.5 Å². The molecule has 1 aromatic heterocycles. The number of aliphatic hydroxyl groups excluding tert-OH is 1. The van der Waals surface area contributed by atoms with Crippen molar-refractivity contribution in [2.45, 2.75) is 25.9 Å². The molecule has 1 amide bonds. The van der Waals surface area contributed by atoms with Gasteiger partial charge in [0.05, 0.1) is 11.3 Å². The van der Waals surface area contributed by atoms with Crippen molar-refractivity contribution in [1.29, 1.82) is 0 Å². The third-order valence-electron chi connectivity index (χ3n) is 3.51. The second-order valence-corrected chi connectivity index (χ2v) is 5.59. The summed E-state index contributed by atoms with van der Waals surface area (Å²) >= 11 is 0. The van der Waals surface area contributed by atoms with E-state index in [0.29, 0.717) is 5.69 Å². The summed E-state index contributed by atoms with van der Waals surface area (Å²) in [5.74, 6) is -2.01. The van der Waals surface area contributed by atoms with Crippen LogP contribution in [0.15, 0.2) is 24.3 Å². The van der Waals surface area contributed by atoms with Gasteiger partial charge in [-0.1, -0.05) is 19.9 Å². The first-order chi connectivity index (χ1) is 10.8. The largest absolute Gasteiger partial charge is 0.386 e. The van der Waals surface area contributed by atoms with Crippen LogP contribution in [-0.2, 0) is 7.05 Å². The number of aryl methyl sites for hydroxylation is 1. The second-order valence-electron chi connectivity index (χ2n) is 5.59. The van der Waals surface area contributed by atoms with Gasteiger partial charge in [0, 0.05) is 13.6 Å². The Labute approximate surface area is 132 Å². The normalized spacial score (nSPS) is 12.5. The Morgan fingerprint density at radius 1 is 1.35 bits per heavy atom. The lowest BCUT2D eigenvalue weighted by Crippen LogP contribution is -2.30. The molecule has 0 radical (unpaired) electrons. The van der Waals surface area contributed by atoms with Crippen LogP contribution in [0.2, 0.25) is 0 Å². The zero-order chi connectivity index (χ0) is 17.1. The fourth-order valence-corrected chi connectivity index (χ4v) is 2.20. The molecule has 2 N–H and O–H groups in total. The number of carbonyl (C=O) groups is 1. The molecule has 124 valence electrons. The molecule has 5 nitrogen and oxygen atoms in total. The minimum absolute atomic E-state index is 0.167. The Morgan fingerprint density at radius 3 is 2.48 bits per heavy atom. The lowest BCUT2D eigenvalue weighted by molar-refractivity contribution is 0.0902. The zero-order valence-corrected chi connectivity index (χ0v) is 13.2. The predicted octanol–water partition coefficient (Wildman–Crippen LogP) is 2.29. The molecule has 0 spiro atoms. The van der Waals surface area contributed by atoms with E-state index in [9.17, 15) is 18.7 Å². The molecule has 1 atom stereocenters. The molecule has 23 heavy (non-hydrogen) atoms. The number of rotatable bonds is 5. The smallest absolute Gasteiger partial charge is 0.269 e. The van der Waals surface area contributed by atoms with Gasteiger partial charge in [-0.25, -0.2) is 8.78 Å². The van der Waals surface area contributed by atoms with E-state index in [0.717, 1.165) is 17.8 Å². The molecule has 1 heterocycles. The van der Waals surface area contributed by atoms with E-state index in [1.807, 2.05) is 13.8 Å². The maximum atomic E-state index is 13.6. The Kier molecular flexibility index (Phi) is 5.10. The second kappa shape index (κ2) is 6.87. The zero-order valence-electron chi connectivity index (χ0n) is 13.2. The summed E-state index contributed by atoms with van der Waals surface area (Å²) in [6.07, 6.45) is -1.47. The van der Waals surface area contributed by atoms with Crippen LogP contribution in [-0.4, -0.2) is 27.3 Å². The Morgan fingerprint density at radius 2 is 1.96 bits per heavy atom. The van der Waals surface area contributed by atoms with Crippen LogP contribution in [0.25, 0.3) is 0 Å². The predicted molar refractivity (Wildman–Crippen MR) is 80.9 cm³/mol. The number of nitrogens with zero attached hydrogens (tertiary/aromatic N) is 2. The maximum absolute atomic E-state index is 13.6. The van der Waals surface area contributed by atoms with Crippen LogP contribution in [0.1, 0.15) is 47.6 Å². The summed E-state index contributed by atoms with van der Waals surface area (Å²) < 4.78 is 28.6. The van der Waals surface area contributed by atoms with Crippen LogP contribution >= 0.6 is 0 Å². The van der Waals surface area contributed by atoms with Crippen molar-refractivity contribution in [1.82, 2.24) is 15.1 Å². The minimum atomic E-state index is -1.47. The standard InChI is InChI=1S/C16H19F2N3O2/c1-9(2)12-7-13(21(3)20-12)16(23)19-8-14(22)15-10(17)5-4-6-11(15)18/h4-7,9,14,22H,8H2,1-3H3,(H,19,23). The Hall–Kier alpha value is -2.28. The van der Waals surface area contributed by atoms with Crippen molar-refractivity contribution >= 4 is 5.91 Å². The van der Waals surface area contributed by atoms with Crippen LogP contribution in [0.5, 0.6) is 0 Å². The highest BCUT2D eigenvalue weighted by Gasteiger charge is 2.20. The fourth-order valence-electron chi connectivity index (χ4n) is 2.20. The van der Waals surface area contributed by atoms with Crippen LogP contribution in [0.4, 0.5) is 8.78 Å². The number of aliphatic hydroxyl groups is 1.